The van der Waals surface area contributed by atoms with Crippen LogP contribution in [0.15, 0.2) is 12.1 Å². The Kier molecular flexibility index (Phi) is 2.44. The van der Waals surface area contributed by atoms with Crippen LogP contribution >= 0.6 is 11.6 Å². The van der Waals surface area contributed by atoms with Gasteiger partial charge in [0, 0.05) is 11.1 Å². The molecule has 15 heavy (non-hydrogen) atoms. The Bertz CT molecular complexity index is 528. The molecule has 5 heteroatoms. The van der Waals surface area contributed by atoms with E-state index in [1.165, 1.54) is 12.1 Å². The summed E-state index contributed by atoms with van der Waals surface area (Å²) in [5.74, 6) is 0.300. The number of aromatic nitrogens is 2. The number of halogens is 2. The SMILES string of the molecule is Cc1nc(CCl)nc2cc(N)c(F)cc12. The van der Waals surface area contributed by atoms with Crippen molar-refractivity contribution in [2.45, 2.75) is 12.8 Å². The van der Waals surface area contributed by atoms with Gasteiger partial charge >= 0.3 is 0 Å². The molecule has 0 saturated heterocycles. The van der Waals surface area contributed by atoms with Gasteiger partial charge < -0.3 is 5.73 Å². The summed E-state index contributed by atoms with van der Waals surface area (Å²) in [7, 11) is 0. The smallest absolute Gasteiger partial charge is 0.146 e. The summed E-state index contributed by atoms with van der Waals surface area (Å²) in [6.45, 7) is 1.79. The van der Waals surface area contributed by atoms with E-state index in [1.54, 1.807) is 6.92 Å². The largest absolute Gasteiger partial charge is 0.396 e. The summed E-state index contributed by atoms with van der Waals surface area (Å²) >= 11 is 5.64. The highest BCUT2D eigenvalue weighted by atomic mass is 35.5. The van der Waals surface area contributed by atoms with Gasteiger partial charge in [-0.1, -0.05) is 0 Å². The lowest BCUT2D eigenvalue weighted by Crippen LogP contribution is -1.98. The van der Waals surface area contributed by atoms with Gasteiger partial charge in [-0.2, -0.15) is 0 Å². The Morgan fingerprint density at radius 2 is 2.13 bits per heavy atom. The van der Waals surface area contributed by atoms with Crippen molar-refractivity contribution in [2.75, 3.05) is 5.73 Å². The van der Waals surface area contributed by atoms with E-state index < -0.39 is 5.82 Å². The lowest BCUT2D eigenvalue weighted by Gasteiger charge is -2.05. The first kappa shape index (κ1) is 10.1. The molecule has 0 aliphatic carbocycles. The van der Waals surface area contributed by atoms with Crippen LogP contribution in [-0.4, -0.2) is 9.97 Å². The number of nitrogen functional groups attached to an aromatic ring is 1. The molecule has 78 valence electrons. The highest BCUT2D eigenvalue weighted by Gasteiger charge is 2.07. The molecule has 2 rings (SSSR count). The average molecular weight is 226 g/mol. The van der Waals surface area contributed by atoms with Crippen LogP contribution in [0.25, 0.3) is 10.9 Å². The molecule has 0 fully saturated rings. The fourth-order valence-corrected chi connectivity index (χ4v) is 1.56. The Morgan fingerprint density at radius 3 is 2.80 bits per heavy atom. The van der Waals surface area contributed by atoms with Gasteiger partial charge in [-0.3, -0.25) is 0 Å². The van der Waals surface area contributed by atoms with E-state index in [-0.39, 0.29) is 11.6 Å². The first-order valence-electron chi connectivity index (χ1n) is 4.40. The maximum atomic E-state index is 13.2. The minimum atomic E-state index is -0.451. The second-order valence-corrected chi connectivity index (χ2v) is 3.52. The van der Waals surface area contributed by atoms with Crippen LogP contribution < -0.4 is 5.73 Å². The van der Waals surface area contributed by atoms with Gasteiger partial charge in [0.1, 0.15) is 11.6 Å². The summed E-state index contributed by atoms with van der Waals surface area (Å²) < 4.78 is 13.2. The van der Waals surface area contributed by atoms with Crippen molar-refractivity contribution in [3.63, 3.8) is 0 Å². The molecule has 1 heterocycles. The number of hydrogen-bond donors (Lipinski definition) is 1. The summed E-state index contributed by atoms with van der Waals surface area (Å²) in [5.41, 5.74) is 6.87. The first-order chi connectivity index (χ1) is 7.11. The maximum Gasteiger partial charge on any atom is 0.146 e. The number of nitrogens with zero attached hydrogens (tertiary/aromatic N) is 2. The van der Waals surface area contributed by atoms with Crippen molar-refractivity contribution in [1.29, 1.82) is 0 Å². The van der Waals surface area contributed by atoms with Crippen LogP contribution in [0.1, 0.15) is 11.5 Å². The third-order valence-corrected chi connectivity index (χ3v) is 2.41. The van der Waals surface area contributed by atoms with Gasteiger partial charge in [0.25, 0.3) is 0 Å². The zero-order chi connectivity index (χ0) is 11.0. The minimum absolute atomic E-state index is 0.0844. The Hall–Kier alpha value is -1.42. The van der Waals surface area contributed by atoms with Gasteiger partial charge in [-0.15, -0.1) is 11.6 Å². The highest BCUT2D eigenvalue weighted by Crippen LogP contribution is 2.21. The van der Waals surface area contributed by atoms with Gasteiger partial charge in [0.05, 0.1) is 17.1 Å². The van der Waals surface area contributed by atoms with Crippen LogP contribution in [0.2, 0.25) is 0 Å². The molecule has 0 bridgehead atoms. The molecule has 0 aliphatic rings. The number of benzene rings is 1. The monoisotopic (exact) mass is 225 g/mol. The predicted octanol–water partition coefficient (Wildman–Crippen LogP) is 2.40. The van der Waals surface area contributed by atoms with Crippen molar-refractivity contribution < 1.29 is 4.39 Å². The van der Waals surface area contributed by atoms with Crippen molar-refractivity contribution in [3.8, 4) is 0 Å². The van der Waals surface area contributed by atoms with Crippen molar-refractivity contribution in [1.82, 2.24) is 9.97 Å². The second-order valence-electron chi connectivity index (χ2n) is 3.25. The average Bonchev–Trinajstić information content (AvgIpc) is 2.21. The van der Waals surface area contributed by atoms with Gasteiger partial charge in [0.2, 0.25) is 0 Å². The fourth-order valence-electron chi connectivity index (χ4n) is 1.44. The lowest BCUT2D eigenvalue weighted by molar-refractivity contribution is 0.634. The van der Waals surface area contributed by atoms with Crippen molar-refractivity contribution in [2.24, 2.45) is 0 Å². The quantitative estimate of drug-likeness (QED) is 0.599. The molecule has 0 saturated carbocycles. The van der Waals surface area contributed by atoms with E-state index in [0.717, 1.165) is 0 Å². The first-order valence-corrected chi connectivity index (χ1v) is 4.93. The normalized spacial score (nSPS) is 10.9. The number of anilines is 1. The Labute approximate surface area is 91.1 Å². The lowest BCUT2D eigenvalue weighted by atomic mass is 10.1. The third-order valence-electron chi connectivity index (χ3n) is 2.17. The van der Waals surface area contributed by atoms with Crippen LogP contribution in [0.5, 0.6) is 0 Å². The number of fused-ring (bicyclic) bond motifs is 1. The Balaban J connectivity index is 2.80. The maximum absolute atomic E-state index is 13.2. The van der Waals surface area contributed by atoms with Gasteiger partial charge in [-0.25, -0.2) is 14.4 Å². The summed E-state index contributed by atoms with van der Waals surface area (Å²) in [5, 5.41) is 0.663. The van der Waals surface area contributed by atoms with E-state index >= 15 is 0 Å². The third kappa shape index (κ3) is 1.72. The number of rotatable bonds is 1. The summed E-state index contributed by atoms with van der Waals surface area (Å²) in [6.07, 6.45) is 0. The number of hydrogen-bond acceptors (Lipinski definition) is 3. The Morgan fingerprint density at radius 1 is 1.40 bits per heavy atom. The molecule has 0 spiro atoms. The molecule has 3 nitrogen and oxygen atoms in total. The van der Waals surface area contributed by atoms with Gasteiger partial charge in [0.15, 0.2) is 0 Å². The topological polar surface area (TPSA) is 51.8 Å². The van der Waals surface area contributed by atoms with E-state index in [2.05, 4.69) is 9.97 Å². The fraction of sp³-hybridized carbons (Fsp3) is 0.200. The van der Waals surface area contributed by atoms with Crippen LogP contribution in [0.4, 0.5) is 10.1 Å². The predicted molar refractivity (Wildman–Crippen MR) is 58.2 cm³/mol. The van der Waals surface area contributed by atoms with E-state index in [4.69, 9.17) is 17.3 Å². The van der Waals surface area contributed by atoms with Crippen molar-refractivity contribution >= 4 is 28.2 Å². The van der Waals surface area contributed by atoms with Crippen LogP contribution in [-0.2, 0) is 5.88 Å². The molecule has 2 aromatic rings. The van der Waals surface area contributed by atoms with Crippen LogP contribution in [0, 0.1) is 12.7 Å². The van der Waals surface area contributed by atoms with E-state index in [9.17, 15) is 4.39 Å². The van der Waals surface area contributed by atoms with E-state index in [1.807, 2.05) is 0 Å². The number of nitrogens with two attached hydrogens (primary N) is 1. The minimum Gasteiger partial charge on any atom is -0.396 e. The molecule has 1 aromatic heterocycles. The molecular formula is C10H9ClFN3. The number of alkyl halides is 1. The molecule has 0 atom stereocenters. The molecule has 0 unspecified atom stereocenters. The summed E-state index contributed by atoms with van der Waals surface area (Å²) in [4.78, 5) is 8.31. The molecule has 0 aliphatic heterocycles. The van der Waals surface area contributed by atoms with E-state index in [0.29, 0.717) is 22.4 Å². The zero-order valence-corrected chi connectivity index (χ0v) is 8.85. The molecule has 0 amide bonds. The van der Waals surface area contributed by atoms with Crippen LogP contribution in [0.3, 0.4) is 0 Å². The number of aryl methyl sites for hydroxylation is 1. The molecule has 0 radical (unpaired) electrons. The standard InChI is InChI=1S/C10H9ClFN3/c1-5-6-2-7(12)8(13)3-9(6)15-10(4-11)14-5/h2-3H,4,13H2,1H3. The molecule has 2 N–H and O–H groups in total. The zero-order valence-electron chi connectivity index (χ0n) is 8.09. The summed E-state index contributed by atoms with van der Waals surface area (Å²) in [6, 6.07) is 2.84. The van der Waals surface area contributed by atoms with Crippen molar-refractivity contribution in [3.05, 3.63) is 29.5 Å². The molecule has 1 aromatic carbocycles. The highest BCUT2D eigenvalue weighted by molar-refractivity contribution is 6.16. The second kappa shape index (κ2) is 3.62. The molecular weight excluding hydrogens is 217 g/mol. The van der Waals surface area contributed by atoms with Gasteiger partial charge in [-0.05, 0) is 19.1 Å².